The van der Waals surface area contributed by atoms with Crippen LogP contribution in [-0.2, 0) is 17.1 Å². The van der Waals surface area contributed by atoms with Crippen LogP contribution < -0.4 is 15.9 Å². The van der Waals surface area contributed by atoms with Crippen LogP contribution in [-0.4, -0.2) is 5.71 Å². The number of allylic oxidation sites excluding steroid dienone is 2. The summed E-state index contributed by atoms with van der Waals surface area (Å²) in [7, 11) is -0.877. The smallest absolute Gasteiger partial charge is 0.682 e. The van der Waals surface area contributed by atoms with Gasteiger partial charge in [0.1, 0.15) is 15.9 Å². The van der Waals surface area contributed by atoms with E-state index >= 15 is 0 Å². The third-order valence-corrected chi connectivity index (χ3v) is 9.70. The molecule has 222 valence electrons. The monoisotopic (exact) mass is 631 g/mol. The van der Waals surface area contributed by atoms with Crippen molar-refractivity contribution in [1.82, 2.24) is 0 Å². The van der Waals surface area contributed by atoms with Gasteiger partial charge in [-0.25, -0.2) is 0 Å². The maximum Gasteiger partial charge on any atom is 1.00 e. The van der Waals surface area contributed by atoms with Crippen molar-refractivity contribution in [2.75, 3.05) is 0 Å². The van der Waals surface area contributed by atoms with Gasteiger partial charge in [0.05, 0.1) is 14.0 Å². The predicted molar refractivity (Wildman–Crippen MR) is 186 cm³/mol. The van der Waals surface area contributed by atoms with E-state index in [1.54, 1.807) is 0 Å². The largest absolute Gasteiger partial charge is 1.00 e. The average molecular weight is 632 g/mol. The van der Waals surface area contributed by atoms with Crippen LogP contribution in [0.2, 0.25) is 0 Å². The molecule has 0 spiro atoms. The molecule has 0 heterocycles. The molecule has 5 aromatic rings. The van der Waals surface area contributed by atoms with Crippen LogP contribution in [0.4, 0.5) is 0 Å². The molecular formula is C39H41CuN2P+. The van der Waals surface area contributed by atoms with E-state index in [1.807, 2.05) is 26.0 Å². The maximum absolute atomic E-state index is 4.75. The summed E-state index contributed by atoms with van der Waals surface area (Å²) in [5.74, 6) is 0. The second-order valence-electron chi connectivity index (χ2n) is 10.3. The zero-order valence-corrected chi connectivity index (χ0v) is 27.3. The van der Waals surface area contributed by atoms with Gasteiger partial charge >= 0.3 is 17.1 Å². The SMILES string of the molecule is CC(/C=C(/C)[N-][C@@H](C)c1ccccc1)=N[C@@H](C)c1ccccc1.[Cu+].c1ccc([PH+](c2ccccc2)c2ccccc2)cc1. The van der Waals surface area contributed by atoms with Crippen molar-refractivity contribution >= 4 is 29.5 Å². The van der Waals surface area contributed by atoms with E-state index in [1.165, 1.54) is 27.0 Å². The van der Waals surface area contributed by atoms with Crippen molar-refractivity contribution in [3.63, 3.8) is 0 Å². The fourth-order valence-electron chi connectivity index (χ4n) is 4.91. The van der Waals surface area contributed by atoms with Crippen molar-refractivity contribution in [2.45, 2.75) is 39.8 Å². The molecule has 0 aliphatic heterocycles. The van der Waals surface area contributed by atoms with Crippen LogP contribution in [0.25, 0.3) is 5.32 Å². The Morgan fingerprint density at radius 2 is 0.907 bits per heavy atom. The molecule has 2 nitrogen and oxygen atoms in total. The van der Waals surface area contributed by atoms with Crippen LogP contribution in [0.15, 0.2) is 168 Å². The van der Waals surface area contributed by atoms with Crippen LogP contribution in [0, 0.1) is 0 Å². The predicted octanol–water partition coefficient (Wildman–Crippen LogP) is 9.42. The van der Waals surface area contributed by atoms with E-state index in [9.17, 15) is 0 Å². The molecule has 0 aromatic heterocycles. The van der Waals surface area contributed by atoms with Gasteiger partial charge in [0.2, 0.25) is 0 Å². The van der Waals surface area contributed by atoms with Gasteiger partial charge < -0.3 is 5.32 Å². The van der Waals surface area contributed by atoms with Crippen molar-refractivity contribution in [2.24, 2.45) is 4.99 Å². The molecule has 5 aromatic carbocycles. The van der Waals surface area contributed by atoms with Crippen molar-refractivity contribution in [1.29, 1.82) is 0 Å². The first-order valence-electron chi connectivity index (χ1n) is 14.6. The minimum absolute atomic E-state index is 0. The minimum atomic E-state index is -0.877. The number of aliphatic imine (C=N–C) groups is 1. The average Bonchev–Trinajstić information content (AvgIpc) is 3.04. The number of benzene rings is 5. The van der Waals surface area contributed by atoms with Gasteiger partial charge in [-0.05, 0) is 55.8 Å². The number of nitrogens with zero attached hydrogens (tertiary/aromatic N) is 2. The van der Waals surface area contributed by atoms with E-state index in [0.29, 0.717) is 0 Å². The number of hydrogen-bond donors (Lipinski definition) is 0. The Hall–Kier alpha value is -3.74. The van der Waals surface area contributed by atoms with E-state index in [0.717, 1.165) is 11.4 Å². The van der Waals surface area contributed by atoms with Gasteiger partial charge in [0, 0.05) is 5.71 Å². The molecule has 0 radical (unpaired) electrons. The molecule has 0 saturated carbocycles. The van der Waals surface area contributed by atoms with Crippen LogP contribution in [0.3, 0.4) is 0 Å². The summed E-state index contributed by atoms with van der Waals surface area (Å²) in [6, 6.07) is 53.5. The topological polar surface area (TPSA) is 26.5 Å². The fraction of sp³-hybridized carbons (Fsp3) is 0.154. The zero-order chi connectivity index (χ0) is 29.6. The third kappa shape index (κ3) is 10.8. The Bertz CT molecular complexity index is 1430. The first-order valence-corrected chi connectivity index (χ1v) is 16.1. The standard InChI is InChI=1S/C21H25N2.C18H15P.Cu/c1-16(22-18(3)20-11-7-5-8-12-20)15-17(2)23-19(4)21-13-9-6-10-14-21;1-4-10-16(11-5-1)19(17-12-6-2-7-13-17)18-14-8-3-9-15-18;/h5-15,18-19H,1-4H3;1-15H;/q-1;;+1/p+1/b16-15-,23-17?;;/t18-,19-;;/m0../s1. The summed E-state index contributed by atoms with van der Waals surface area (Å²) in [4.78, 5) is 4.75. The second-order valence-corrected chi connectivity index (χ2v) is 12.8. The molecule has 0 bridgehead atoms. The summed E-state index contributed by atoms with van der Waals surface area (Å²) in [5.41, 5.74) is 4.46. The van der Waals surface area contributed by atoms with Crippen molar-refractivity contribution in [3.05, 3.63) is 180 Å². The van der Waals surface area contributed by atoms with Gasteiger partial charge in [-0.3, -0.25) is 4.99 Å². The Morgan fingerprint density at radius 1 is 0.558 bits per heavy atom. The first-order chi connectivity index (χ1) is 20.5. The van der Waals surface area contributed by atoms with Crippen molar-refractivity contribution in [3.8, 4) is 0 Å². The van der Waals surface area contributed by atoms with Gasteiger partial charge in [-0.2, -0.15) is 5.70 Å². The molecule has 0 unspecified atom stereocenters. The van der Waals surface area contributed by atoms with E-state index in [4.69, 9.17) is 10.3 Å². The molecule has 0 N–H and O–H groups in total. The summed E-state index contributed by atoms with van der Waals surface area (Å²) in [6.45, 7) is 8.30. The Balaban J connectivity index is 0.000000233. The van der Waals surface area contributed by atoms with Crippen LogP contribution in [0.1, 0.15) is 50.9 Å². The molecule has 2 atom stereocenters. The zero-order valence-electron chi connectivity index (χ0n) is 25.4. The second kappa shape index (κ2) is 18.0. The molecule has 5 rings (SSSR count). The Morgan fingerprint density at radius 3 is 1.30 bits per heavy atom. The van der Waals surface area contributed by atoms with Crippen LogP contribution >= 0.6 is 7.92 Å². The summed E-state index contributed by atoms with van der Waals surface area (Å²) < 4.78 is 0. The molecule has 0 amide bonds. The minimum Gasteiger partial charge on any atom is -0.682 e. The number of hydrogen-bond acceptors (Lipinski definition) is 1. The summed E-state index contributed by atoms with van der Waals surface area (Å²) in [6.07, 6.45) is 2.05. The first kappa shape index (κ1) is 33.8. The Kier molecular flexibility index (Phi) is 14.2. The normalized spacial score (nSPS) is 12.8. The molecule has 0 aliphatic rings. The van der Waals surface area contributed by atoms with Crippen LogP contribution in [0.5, 0.6) is 0 Å². The quantitative estimate of drug-likeness (QED) is 0.0880. The van der Waals surface area contributed by atoms with Gasteiger partial charge in [-0.15, -0.1) is 0 Å². The molecule has 43 heavy (non-hydrogen) atoms. The summed E-state index contributed by atoms with van der Waals surface area (Å²) in [5, 5.41) is 9.05. The van der Waals surface area contributed by atoms with E-state index in [-0.39, 0.29) is 29.2 Å². The molecule has 0 fully saturated rings. The summed E-state index contributed by atoms with van der Waals surface area (Å²) >= 11 is 0. The molecule has 0 aliphatic carbocycles. The van der Waals surface area contributed by atoms with Gasteiger partial charge in [0.15, 0.2) is 0 Å². The fourth-order valence-corrected chi connectivity index (χ4v) is 7.49. The van der Waals surface area contributed by atoms with Gasteiger partial charge in [-0.1, -0.05) is 147 Å². The molecule has 0 saturated heterocycles. The van der Waals surface area contributed by atoms with Gasteiger partial charge in [0.25, 0.3) is 0 Å². The maximum atomic E-state index is 4.75. The molecular weight excluding hydrogens is 591 g/mol. The molecule has 4 heteroatoms. The number of rotatable bonds is 9. The van der Waals surface area contributed by atoms with E-state index < -0.39 is 7.92 Å². The van der Waals surface area contributed by atoms with E-state index in [2.05, 4.69) is 159 Å². The Labute approximate surface area is 270 Å². The third-order valence-electron chi connectivity index (χ3n) is 6.96. The van der Waals surface area contributed by atoms with Crippen molar-refractivity contribution < 1.29 is 17.1 Å².